The second-order valence-corrected chi connectivity index (χ2v) is 13.9. The van der Waals surface area contributed by atoms with Gasteiger partial charge < -0.3 is 18.8 Å². The summed E-state index contributed by atoms with van der Waals surface area (Å²) in [5, 5.41) is 3.26. The van der Waals surface area contributed by atoms with Crippen molar-refractivity contribution >= 4 is 63.3 Å². The number of nitrogens with zero attached hydrogens (tertiary/aromatic N) is 5. The topological polar surface area (TPSA) is 82.2 Å². The van der Waals surface area contributed by atoms with Crippen molar-refractivity contribution in [3.8, 4) is 16.9 Å². The Hall–Kier alpha value is -4.66. The number of carbonyl (C=O) groups excluding carboxylic acids is 2. The smallest absolute Gasteiger partial charge is 0.166 e. The van der Waals surface area contributed by atoms with Crippen molar-refractivity contribution in [2.45, 2.75) is 60.9 Å². The van der Waals surface area contributed by atoms with Crippen LogP contribution < -0.4 is 9.64 Å². The Labute approximate surface area is 310 Å². The van der Waals surface area contributed by atoms with Crippen molar-refractivity contribution in [3.05, 3.63) is 104 Å². The summed E-state index contributed by atoms with van der Waals surface area (Å²) in [5.41, 5.74) is 10.2. The SMILES string of the molecule is C.Cc1cc(OCCCc2c(C=O)n([C@H](C)CN(C)c3cccc4cc(C=O)n(C)c34)c3c(-c4c(C)ncnc4C)c(Cl)ccc23)cc(C)c1Cl. The van der Waals surface area contributed by atoms with Gasteiger partial charge in [0, 0.05) is 65.0 Å². The molecule has 0 saturated carbocycles. The number of hydrogen-bond donors (Lipinski definition) is 0. The predicted octanol–water partition coefficient (Wildman–Crippen LogP) is 10.1. The number of benzene rings is 3. The number of likely N-dealkylation sites (N-methyl/N-ethyl adjacent to an activating group) is 1. The molecule has 51 heavy (non-hydrogen) atoms. The monoisotopic (exact) mass is 725 g/mol. The van der Waals surface area contributed by atoms with Gasteiger partial charge in [-0.2, -0.15) is 0 Å². The highest BCUT2D eigenvalue weighted by atomic mass is 35.5. The zero-order chi connectivity index (χ0) is 35.9. The number of aromatic nitrogens is 4. The maximum atomic E-state index is 13.2. The lowest BCUT2D eigenvalue weighted by atomic mass is 9.98. The minimum atomic E-state index is -0.170. The molecule has 0 amide bonds. The van der Waals surface area contributed by atoms with Crippen molar-refractivity contribution in [1.29, 1.82) is 0 Å². The zero-order valence-electron chi connectivity index (χ0n) is 29.5. The van der Waals surface area contributed by atoms with E-state index < -0.39 is 0 Å². The summed E-state index contributed by atoms with van der Waals surface area (Å²) in [5.74, 6) is 0.775. The fourth-order valence-corrected chi connectivity index (χ4v) is 7.70. The number of hydrogen-bond acceptors (Lipinski definition) is 6. The third-order valence-corrected chi connectivity index (χ3v) is 10.6. The van der Waals surface area contributed by atoms with E-state index in [0.717, 1.165) is 90.0 Å². The van der Waals surface area contributed by atoms with Crippen LogP contribution >= 0.6 is 23.2 Å². The van der Waals surface area contributed by atoms with Crippen LogP contribution in [0.4, 0.5) is 5.69 Å². The third kappa shape index (κ3) is 6.87. The van der Waals surface area contributed by atoms with Gasteiger partial charge in [0.25, 0.3) is 0 Å². The number of rotatable bonds is 12. The lowest BCUT2D eigenvalue weighted by molar-refractivity contribution is 0.110. The van der Waals surface area contributed by atoms with Crippen molar-refractivity contribution in [3.63, 3.8) is 0 Å². The molecule has 0 saturated heterocycles. The summed E-state index contributed by atoms with van der Waals surface area (Å²) in [6.45, 7) is 11.0. The summed E-state index contributed by atoms with van der Waals surface area (Å²) in [7, 11) is 3.94. The van der Waals surface area contributed by atoms with Crippen molar-refractivity contribution in [2.75, 3.05) is 25.1 Å². The molecule has 0 aliphatic carbocycles. The number of aryl methyl sites for hydroxylation is 6. The van der Waals surface area contributed by atoms with E-state index in [4.69, 9.17) is 27.9 Å². The van der Waals surface area contributed by atoms with Gasteiger partial charge in [-0.05, 0) is 94.5 Å². The van der Waals surface area contributed by atoms with Crippen LogP contribution in [0.5, 0.6) is 5.75 Å². The van der Waals surface area contributed by atoms with E-state index in [9.17, 15) is 9.59 Å². The minimum Gasteiger partial charge on any atom is -0.494 e. The molecular formula is C41H45Cl2N5O3. The summed E-state index contributed by atoms with van der Waals surface area (Å²) in [4.78, 5) is 36.2. The summed E-state index contributed by atoms with van der Waals surface area (Å²) < 4.78 is 10.2. The molecule has 3 aromatic carbocycles. The molecule has 6 aromatic rings. The molecule has 8 nitrogen and oxygen atoms in total. The first kappa shape index (κ1) is 37.6. The molecule has 0 N–H and O–H groups in total. The van der Waals surface area contributed by atoms with Crippen LogP contribution in [0.2, 0.25) is 10.0 Å². The average molecular weight is 727 g/mol. The molecule has 1 atom stereocenters. The number of anilines is 1. The number of carbonyl (C=O) groups is 2. The maximum absolute atomic E-state index is 13.2. The first-order chi connectivity index (χ1) is 24.0. The highest BCUT2D eigenvalue weighted by molar-refractivity contribution is 6.35. The molecule has 0 fully saturated rings. The third-order valence-electron chi connectivity index (χ3n) is 9.68. The van der Waals surface area contributed by atoms with Crippen LogP contribution in [-0.2, 0) is 13.5 Å². The number of ether oxygens (including phenoxy) is 1. The van der Waals surface area contributed by atoms with E-state index in [-0.39, 0.29) is 13.5 Å². The normalized spacial score (nSPS) is 11.9. The van der Waals surface area contributed by atoms with Crippen LogP contribution in [0.3, 0.4) is 0 Å². The van der Waals surface area contributed by atoms with Gasteiger partial charge in [-0.3, -0.25) is 9.59 Å². The van der Waals surface area contributed by atoms with Crippen LogP contribution in [0.15, 0.2) is 54.9 Å². The number of fused-ring (bicyclic) bond motifs is 2. The second kappa shape index (κ2) is 15.3. The average Bonchev–Trinajstić information content (AvgIpc) is 3.59. The predicted molar refractivity (Wildman–Crippen MR) is 211 cm³/mol. The van der Waals surface area contributed by atoms with Gasteiger partial charge in [0.05, 0.1) is 39.7 Å². The Morgan fingerprint density at radius 2 is 1.61 bits per heavy atom. The van der Waals surface area contributed by atoms with E-state index in [1.807, 2.05) is 88.8 Å². The van der Waals surface area contributed by atoms with Gasteiger partial charge in [-0.15, -0.1) is 0 Å². The fourth-order valence-electron chi connectivity index (χ4n) is 7.35. The summed E-state index contributed by atoms with van der Waals surface area (Å²) in [6, 6.07) is 15.6. The Morgan fingerprint density at radius 3 is 2.25 bits per heavy atom. The van der Waals surface area contributed by atoms with Crippen molar-refractivity contribution in [2.24, 2.45) is 7.05 Å². The molecular weight excluding hydrogens is 681 g/mol. The summed E-state index contributed by atoms with van der Waals surface area (Å²) in [6.07, 6.45) is 4.71. The molecule has 0 aliphatic heterocycles. The van der Waals surface area contributed by atoms with Crippen molar-refractivity contribution < 1.29 is 14.3 Å². The number of para-hydroxylation sites is 1. The Bertz CT molecular complexity index is 2230. The van der Waals surface area contributed by atoms with Gasteiger partial charge in [0.2, 0.25) is 0 Å². The van der Waals surface area contributed by atoms with Crippen molar-refractivity contribution in [1.82, 2.24) is 19.1 Å². The van der Waals surface area contributed by atoms with E-state index in [1.165, 1.54) is 0 Å². The molecule has 6 rings (SSSR count). The highest BCUT2D eigenvalue weighted by Gasteiger charge is 2.27. The minimum absolute atomic E-state index is 0. The summed E-state index contributed by atoms with van der Waals surface area (Å²) >= 11 is 13.4. The Kier molecular flexibility index (Phi) is 11.3. The zero-order valence-corrected chi connectivity index (χ0v) is 31.0. The van der Waals surface area contributed by atoms with Gasteiger partial charge >= 0.3 is 0 Å². The van der Waals surface area contributed by atoms with Crippen LogP contribution in [0, 0.1) is 27.7 Å². The molecule has 0 radical (unpaired) electrons. The maximum Gasteiger partial charge on any atom is 0.166 e. The molecule has 3 heterocycles. The first-order valence-corrected chi connectivity index (χ1v) is 17.5. The molecule has 0 unspecified atom stereocenters. The van der Waals surface area contributed by atoms with E-state index >= 15 is 0 Å². The van der Waals surface area contributed by atoms with Crippen LogP contribution in [-0.4, -0.2) is 51.9 Å². The van der Waals surface area contributed by atoms with E-state index in [1.54, 1.807) is 6.33 Å². The molecule has 0 aliphatic rings. The van der Waals surface area contributed by atoms with Gasteiger partial charge in [-0.25, -0.2) is 9.97 Å². The lowest BCUT2D eigenvalue weighted by Crippen LogP contribution is -2.27. The molecule has 10 heteroatoms. The first-order valence-electron chi connectivity index (χ1n) is 16.7. The lowest BCUT2D eigenvalue weighted by Gasteiger charge is -2.27. The standard InChI is InChI=1S/C40H41Cl2N5O3.CH4/c1-23-16-30(17-24(2)38(23)42)50-15-9-11-31-32-13-14-33(41)37(36-26(4)43-22-44-27(36)5)40(32)47(35(31)21-49)25(3)19-45(6)34-12-8-10-28-18-29(20-48)46(7)39(28)34;/h8,10,12-14,16-18,20-22,25H,9,11,15,19H2,1-7H3;1H4/t25-;/m1./s1. The van der Waals surface area contributed by atoms with Gasteiger partial charge in [0.15, 0.2) is 12.6 Å². The molecule has 0 spiro atoms. The number of halogens is 2. The van der Waals surface area contributed by atoms with Crippen LogP contribution in [0.1, 0.15) is 75.9 Å². The Morgan fingerprint density at radius 1 is 0.922 bits per heavy atom. The molecule has 266 valence electrons. The molecule has 3 aromatic heterocycles. The second-order valence-electron chi connectivity index (χ2n) is 13.1. The van der Waals surface area contributed by atoms with E-state index in [0.29, 0.717) is 42.4 Å². The van der Waals surface area contributed by atoms with Gasteiger partial charge in [-0.1, -0.05) is 48.8 Å². The molecule has 0 bridgehead atoms. The van der Waals surface area contributed by atoms with Crippen LogP contribution in [0.25, 0.3) is 32.9 Å². The fraction of sp³-hybridized carbons (Fsp3) is 0.317. The number of aldehydes is 2. The van der Waals surface area contributed by atoms with Gasteiger partial charge in [0.1, 0.15) is 12.1 Å². The largest absolute Gasteiger partial charge is 0.494 e. The highest BCUT2D eigenvalue weighted by Crippen LogP contribution is 2.43. The quantitative estimate of drug-likeness (QED) is 0.0923. The van der Waals surface area contributed by atoms with E-state index in [2.05, 4.69) is 32.4 Å². The Balaban J connectivity index is 0.00000504.